The van der Waals surface area contributed by atoms with E-state index in [0.717, 1.165) is 0 Å². The van der Waals surface area contributed by atoms with Gasteiger partial charge in [0.05, 0.1) is 6.54 Å². The lowest BCUT2D eigenvalue weighted by Crippen LogP contribution is -2.46. The summed E-state index contributed by atoms with van der Waals surface area (Å²) in [6, 6.07) is 1.06. The first-order chi connectivity index (χ1) is 7.18. The highest BCUT2D eigenvalue weighted by molar-refractivity contribution is 7.99. The van der Waals surface area contributed by atoms with Gasteiger partial charge in [-0.2, -0.15) is 11.8 Å². The van der Waals surface area contributed by atoms with Crippen molar-refractivity contribution in [2.45, 2.75) is 49.9 Å². The van der Waals surface area contributed by atoms with Gasteiger partial charge >= 0.3 is 5.97 Å². The van der Waals surface area contributed by atoms with Gasteiger partial charge in [-0.05, 0) is 31.4 Å². The van der Waals surface area contributed by atoms with Crippen molar-refractivity contribution in [2.24, 2.45) is 0 Å². The zero-order chi connectivity index (χ0) is 10.8. The molecule has 1 aliphatic heterocycles. The number of carbonyl (C=O) groups is 1. The molecule has 4 heteroatoms. The van der Waals surface area contributed by atoms with Crippen LogP contribution in [0.5, 0.6) is 0 Å². The Kier molecular flexibility index (Phi) is 3.57. The number of hydrogen-bond acceptors (Lipinski definition) is 3. The SMILES string of the molecule is CC1SCCCC1N(CC(=O)O)C1CC1. The molecule has 0 aromatic heterocycles. The van der Waals surface area contributed by atoms with Crippen LogP contribution < -0.4 is 0 Å². The zero-order valence-electron chi connectivity index (χ0n) is 9.19. The highest BCUT2D eigenvalue weighted by atomic mass is 32.2. The molecule has 1 saturated heterocycles. The fourth-order valence-corrected chi connectivity index (χ4v) is 3.64. The van der Waals surface area contributed by atoms with E-state index in [2.05, 4.69) is 11.8 Å². The van der Waals surface area contributed by atoms with Crippen LogP contribution in [0.15, 0.2) is 0 Å². The number of rotatable bonds is 4. The molecule has 0 aromatic rings. The summed E-state index contributed by atoms with van der Waals surface area (Å²) in [4.78, 5) is 13.1. The number of aliphatic carboxylic acids is 1. The van der Waals surface area contributed by atoms with Crippen LogP contribution in [0.3, 0.4) is 0 Å². The lowest BCUT2D eigenvalue weighted by Gasteiger charge is -2.37. The molecule has 1 N–H and O–H groups in total. The number of carboxylic acid groups (broad SMARTS) is 1. The lowest BCUT2D eigenvalue weighted by molar-refractivity contribution is -0.139. The fourth-order valence-electron chi connectivity index (χ4n) is 2.42. The summed E-state index contributed by atoms with van der Waals surface area (Å²) in [5.41, 5.74) is 0. The third-order valence-electron chi connectivity index (χ3n) is 3.33. The minimum Gasteiger partial charge on any atom is -0.480 e. The van der Waals surface area contributed by atoms with E-state index >= 15 is 0 Å². The second-order valence-corrected chi connectivity index (χ2v) is 6.07. The van der Waals surface area contributed by atoms with Crippen molar-refractivity contribution >= 4 is 17.7 Å². The summed E-state index contributed by atoms with van der Waals surface area (Å²) in [5.74, 6) is 0.563. The van der Waals surface area contributed by atoms with E-state index in [1.807, 2.05) is 11.8 Å². The molecule has 0 aromatic carbocycles. The van der Waals surface area contributed by atoms with E-state index in [-0.39, 0.29) is 6.54 Å². The summed E-state index contributed by atoms with van der Waals surface area (Å²) in [6.45, 7) is 2.48. The highest BCUT2D eigenvalue weighted by Gasteiger charge is 2.38. The van der Waals surface area contributed by atoms with Crippen molar-refractivity contribution in [3.63, 3.8) is 0 Å². The highest BCUT2D eigenvalue weighted by Crippen LogP contribution is 2.35. The first-order valence-electron chi connectivity index (χ1n) is 5.77. The Morgan fingerprint density at radius 2 is 2.20 bits per heavy atom. The summed E-state index contributed by atoms with van der Waals surface area (Å²) in [7, 11) is 0. The molecular formula is C11H19NO2S. The summed E-state index contributed by atoms with van der Waals surface area (Å²) in [6.07, 6.45) is 4.81. The summed E-state index contributed by atoms with van der Waals surface area (Å²) in [5, 5.41) is 9.53. The second-order valence-electron chi connectivity index (χ2n) is 4.58. The van der Waals surface area contributed by atoms with Crippen LogP contribution in [0.4, 0.5) is 0 Å². The largest absolute Gasteiger partial charge is 0.480 e. The molecule has 86 valence electrons. The molecule has 2 fully saturated rings. The van der Waals surface area contributed by atoms with Gasteiger partial charge in [0.1, 0.15) is 0 Å². The van der Waals surface area contributed by atoms with Crippen molar-refractivity contribution < 1.29 is 9.90 Å². The predicted octanol–water partition coefficient (Wildman–Crippen LogP) is 1.82. The quantitative estimate of drug-likeness (QED) is 0.798. The van der Waals surface area contributed by atoms with Gasteiger partial charge < -0.3 is 5.11 Å². The van der Waals surface area contributed by atoms with E-state index < -0.39 is 5.97 Å². The number of carboxylic acids is 1. The Hall–Kier alpha value is -0.220. The zero-order valence-corrected chi connectivity index (χ0v) is 10.0. The van der Waals surface area contributed by atoms with Crippen LogP contribution in [-0.2, 0) is 4.79 Å². The average molecular weight is 229 g/mol. The first kappa shape index (κ1) is 11.3. The van der Waals surface area contributed by atoms with Gasteiger partial charge in [-0.15, -0.1) is 0 Å². The lowest BCUT2D eigenvalue weighted by atomic mass is 10.1. The topological polar surface area (TPSA) is 40.5 Å². The van der Waals surface area contributed by atoms with Crippen molar-refractivity contribution in [1.82, 2.24) is 4.90 Å². The molecule has 2 atom stereocenters. The Bertz CT molecular complexity index is 243. The van der Waals surface area contributed by atoms with E-state index in [4.69, 9.17) is 5.11 Å². The molecule has 2 rings (SSSR count). The van der Waals surface area contributed by atoms with Gasteiger partial charge in [0.15, 0.2) is 0 Å². The van der Waals surface area contributed by atoms with Gasteiger partial charge in [0.2, 0.25) is 0 Å². The minimum absolute atomic E-state index is 0.236. The molecule has 0 radical (unpaired) electrons. The van der Waals surface area contributed by atoms with Crippen molar-refractivity contribution in [2.75, 3.05) is 12.3 Å². The molecular weight excluding hydrogens is 210 g/mol. The molecule has 15 heavy (non-hydrogen) atoms. The number of thioether (sulfide) groups is 1. The van der Waals surface area contributed by atoms with Gasteiger partial charge in [0.25, 0.3) is 0 Å². The summed E-state index contributed by atoms with van der Waals surface area (Å²) < 4.78 is 0. The Morgan fingerprint density at radius 1 is 1.47 bits per heavy atom. The maximum atomic E-state index is 10.8. The van der Waals surface area contributed by atoms with Crippen LogP contribution in [0.1, 0.15) is 32.6 Å². The van der Waals surface area contributed by atoms with Gasteiger partial charge in [-0.3, -0.25) is 9.69 Å². The summed E-state index contributed by atoms with van der Waals surface area (Å²) >= 11 is 1.99. The fraction of sp³-hybridized carbons (Fsp3) is 0.909. The molecule has 2 aliphatic rings. The standard InChI is InChI=1S/C11H19NO2S/c1-8-10(3-2-6-15-8)12(7-11(13)14)9-4-5-9/h8-10H,2-7H2,1H3,(H,13,14). The molecule has 0 spiro atoms. The van der Waals surface area contributed by atoms with Crippen molar-refractivity contribution in [3.8, 4) is 0 Å². The normalized spacial score (nSPS) is 31.9. The first-order valence-corrected chi connectivity index (χ1v) is 6.82. The second kappa shape index (κ2) is 4.74. The van der Waals surface area contributed by atoms with Crippen molar-refractivity contribution in [3.05, 3.63) is 0 Å². The molecule has 1 heterocycles. The third-order valence-corrected chi connectivity index (χ3v) is 4.69. The Morgan fingerprint density at radius 3 is 2.73 bits per heavy atom. The molecule has 3 nitrogen and oxygen atoms in total. The Labute approximate surface area is 95.2 Å². The van der Waals surface area contributed by atoms with Gasteiger partial charge in [0, 0.05) is 17.3 Å². The van der Waals surface area contributed by atoms with Crippen LogP contribution >= 0.6 is 11.8 Å². The van der Waals surface area contributed by atoms with Crippen LogP contribution in [0.25, 0.3) is 0 Å². The third kappa shape index (κ3) is 2.88. The van der Waals surface area contributed by atoms with E-state index in [9.17, 15) is 4.79 Å². The van der Waals surface area contributed by atoms with E-state index in [1.54, 1.807) is 0 Å². The monoisotopic (exact) mass is 229 g/mol. The molecule has 1 saturated carbocycles. The number of hydrogen-bond donors (Lipinski definition) is 1. The Balaban J connectivity index is 1.98. The van der Waals surface area contributed by atoms with Crippen molar-refractivity contribution in [1.29, 1.82) is 0 Å². The molecule has 0 bridgehead atoms. The maximum absolute atomic E-state index is 10.8. The van der Waals surface area contributed by atoms with Crippen LogP contribution in [0, 0.1) is 0 Å². The maximum Gasteiger partial charge on any atom is 0.317 e. The molecule has 1 aliphatic carbocycles. The predicted molar refractivity (Wildman–Crippen MR) is 62.3 cm³/mol. The van der Waals surface area contributed by atoms with Gasteiger partial charge in [-0.1, -0.05) is 6.92 Å². The van der Waals surface area contributed by atoms with E-state index in [0.29, 0.717) is 17.3 Å². The average Bonchev–Trinajstić information content (AvgIpc) is 2.98. The molecule has 0 amide bonds. The van der Waals surface area contributed by atoms with Gasteiger partial charge in [-0.25, -0.2) is 0 Å². The van der Waals surface area contributed by atoms with Crippen LogP contribution in [-0.4, -0.2) is 45.6 Å². The van der Waals surface area contributed by atoms with E-state index in [1.165, 1.54) is 31.4 Å². The van der Waals surface area contributed by atoms with Crippen LogP contribution in [0.2, 0.25) is 0 Å². The molecule has 2 unspecified atom stereocenters. The number of nitrogens with zero attached hydrogens (tertiary/aromatic N) is 1. The smallest absolute Gasteiger partial charge is 0.317 e. The minimum atomic E-state index is -0.676.